The molecule has 0 radical (unpaired) electrons. The second-order valence-corrected chi connectivity index (χ2v) is 4.62. The smallest absolute Gasteiger partial charge is 0.343 e. The highest BCUT2D eigenvalue weighted by atomic mass is 16.5. The van der Waals surface area contributed by atoms with Crippen LogP contribution in [-0.4, -0.2) is 36.1 Å². The first-order valence-electron chi connectivity index (χ1n) is 6.83. The summed E-state index contributed by atoms with van der Waals surface area (Å²) in [4.78, 5) is 34.6. The maximum Gasteiger partial charge on any atom is 0.343 e. The van der Waals surface area contributed by atoms with Gasteiger partial charge in [0.05, 0.1) is 0 Å². The fourth-order valence-electron chi connectivity index (χ4n) is 1.96. The number of carbonyl (C=O) groups is 3. The largest absolute Gasteiger partial charge is 0.452 e. The fourth-order valence-corrected chi connectivity index (χ4v) is 1.96. The predicted molar refractivity (Wildman–Crippen MR) is 80.4 cm³/mol. The number of nitrogens with zero attached hydrogens (tertiary/aromatic N) is 2. The van der Waals surface area contributed by atoms with Crippen molar-refractivity contribution < 1.29 is 23.5 Å². The summed E-state index contributed by atoms with van der Waals surface area (Å²) in [5, 5.41) is 13.5. The van der Waals surface area contributed by atoms with Crippen LogP contribution in [-0.2, 0) is 9.53 Å². The van der Waals surface area contributed by atoms with Crippen LogP contribution < -0.4 is 10.6 Å². The van der Waals surface area contributed by atoms with Gasteiger partial charge in [-0.1, -0.05) is 0 Å². The molecule has 0 saturated carbocycles. The van der Waals surface area contributed by atoms with Crippen LogP contribution >= 0.6 is 0 Å². The van der Waals surface area contributed by atoms with Crippen LogP contribution in [0.2, 0.25) is 0 Å². The molecule has 24 heavy (non-hydrogen) atoms. The molecule has 9 heteroatoms. The van der Waals surface area contributed by atoms with Gasteiger partial charge in [0, 0.05) is 19.4 Å². The summed E-state index contributed by atoms with van der Waals surface area (Å²) in [5.41, 5.74) is -0.0608. The number of urea groups is 1. The van der Waals surface area contributed by atoms with E-state index in [1.165, 1.54) is 14.0 Å². The second kappa shape index (κ2) is 7.15. The SMILES string of the molecule is CNC(=O)NC(=O)COC(=O)c1c(C)oc(-n2cccc2)c1C#N. The quantitative estimate of drug-likeness (QED) is 0.801. The molecular formula is C15H14N4O5. The van der Waals surface area contributed by atoms with E-state index < -0.39 is 24.5 Å². The average Bonchev–Trinajstić information content (AvgIpc) is 3.19. The first-order valence-corrected chi connectivity index (χ1v) is 6.83. The van der Waals surface area contributed by atoms with Gasteiger partial charge in [0.1, 0.15) is 23.0 Å². The van der Waals surface area contributed by atoms with Crippen LogP contribution in [0.25, 0.3) is 5.88 Å². The van der Waals surface area contributed by atoms with E-state index in [1.807, 2.05) is 11.4 Å². The van der Waals surface area contributed by atoms with Gasteiger partial charge >= 0.3 is 12.0 Å². The van der Waals surface area contributed by atoms with Gasteiger partial charge < -0.3 is 14.5 Å². The van der Waals surface area contributed by atoms with Gasteiger partial charge in [-0.15, -0.1) is 0 Å². The molecule has 2 heterocycles. The highest BCUT2D eigenvalue weighted by Crippen LogP contribution is 2.26. The van der Waals surface area contributed by atoms with Crippen molar-refractivity contribution in [2.24, 2.45) is 0 Å². The zero-order chi connectivity index (χ0) is 17.7. The number of hydrogen-bond donors (Lipinski definition) is 2. The molecule has 2 rings (SSSR count). The van der Waals surface area contributed by atoms with E-state index in [0.29, 0.717) is 0 Å². The van der Waals surface area contributed by atoms with Crippen LogP contribution in [0.5, 0.6) is 0 Å². The third-order valence-electron chi connectivity index (χ3n) is 3.03. The Kier molecular flexibility index (Phi) is 5.01. The lowest BCUT2D eigenvalue weighted by atomic mass is 10.1. The molecule has 2 aromatic heterocycles. The molecule has 124 valence electrons. The number of aryl methyl sites for hydroxylation is 1. The number of imide groups is 1. The molecule has 0 atom stereocenters. The minimum Gasteiger partial charge on any atom is -0.452 e. The van der Waals surface area contributed by atoms with Crippen molar-refractivity contribution in [2.45, 2.75) is 6.92 Å². The molecule has 0 spiro atoms. The first-order chi connectivity index (χ1) is 11.5. The molecule has 0 aliphatic rings. The summed E-state index contributed by atoms with van der Waals surface area (Å²) in [5.74, 6) is -1.32. The molecular weight excluding hydrogens is 316 g/mol. The van der Waals surface area contributed by atoms with Gasteiger partial charge in [-0.3, -0.25) is 14.7 Å². The van der Waals surface area contributed by atoms with E-state index >= 15 is 0 Å². The zero-order valence-electron chi connectivity index (χ0n) is 13.0. The third kappa shape index (κ3) is 3.44. The summed E-state index contributed by atoms with van der Waals surface area (Å²) in [6, 6.07) is 4.66. The van der Waals surface area contributed by atoms with Gasteiger partial charge in [0.15, 0.2) is 6.61 Å². The Hall–Kier alpha value is -3.54. The molecule has 2 N–H and O–H groups in total. The Balaban J connectivity index is 2.17. The van der Waals surface area contributed by atoms with Gasteiger partial charge in [-0.2, -0.15) is 5.26 Å². The highest BCUT2D eigenvalue weighted by molar-refractivity contribution is 5.98. The summed E-state index contributed by atoms with van der Waals surface area (Å²) in [6.07, 6.45) is 3.32. The fraction of sp³-hybridized carbons (Fsp3) is 0.200. The molecule has 9 nitrogen and oxygen atoms in total. The van der Waals surface area contributed by atoms with Crippen molar-refractivity contribution in [3.63, 3.8) is 0 Å². The molecule has 0 saturated heterocycles. The summed E-state index contributed by atoms with van der Waals surface area (Å²) >= 11 is 0. The van der Waals surface area contributed by atoms with Gasteiger partial charge in [0.25, 0.3) is 5.91 Å². The highest BCUT2D eigenvalue weighted by Gasteiger charge is 2.26. The number of amides is 3. The van der Waals surface area contributed by atoms with Crippen LogP contribution in [0.3, 0.4) is 0 Å². The molecule has 0 aliphatic carbocycles. The topological polar surface area (TPSA) is 126 Å². The van der Waals surface area contributed by atoms with E-state index in [9.17, 15) is 19.6 Å². The maximum atomic E-state index is 12.2. The number of aromatic nitrogens is 1. The molecule has 0 aromatic carbocycles. The molecule has 0 fully saturated rings. The Morgan fingerprint density at radius 2 is 2.00 bits per heavy atom. The number of nitriles is 1. The lowest BCUT2D eigenvalue weighted by Gasteiger charge is -2.05. The van der Waals surface area contributed by atoms with Crippen molar-refractivity contribution in [1.82, 2.24) is 15.2 Å². The standard InChI is InChI=1S/C15H14N4O5/c1-9-12(14(21)23-8-11(20)18-15(22)17-2)10(7-16)13(24-9)19-5-3-4-6-19/h3-6H,8H2,1-2H3,(H2,17,18,20,22). The Morgan fingerprint density at radius 1 is 1.33 bits per heavy atom. The number of esters is 1. The lowest BCUT2D eigenvalue weighted by molar-refractivity contribution is -0.123. The molecule has 0 bridgehead atoms. The second-order valence-electron chi connectivity index (χ2n) is 4.62. The van der Waals surface area contributed by atoms with Gasteiger partial charge in [0.2, 0.25) is 5.88 Å². The number of nitrogens with one attached hydrogen (secondary N) is 2. The van der Waals surface area contributed by atoms with Crippen LogP contribution in [0, 0.1) is 18.3 Å². The Morgan fingerprint density at radius 3 is 2.58 bits per heavy atom. The number of rotatable bonds is 4. The lowest BCUT2D eigenvalue weighted by Crippen LogP contribution is -2.39. The van der Waals surface area contributed by atoms with E-state index in [1.54, 1.807) is 29.1 Å². The van der Waals surface area contributed by atoms with Gasteiger partial charge in [-0.25, -0.2) is 9.59 Å². The molecule has 0 aliphatic heterocycles. The van der Waals surface area contributed by atoms with Crippen molar-refractivity contribution in [3.05, 3.63) is 41.4 Å². The number of carbonyl (C=O) groups excluding carboxylic acids is 3. The van der Waals surface area contributed by atoms with Crippen molar-refractivity contribution >= 4 is 17.9 Å². The summed E-state index contributed by atoms with van der Waals surface area (Å²) in [7, 11) is 1.34. The maximum absolute atomic E-state index is 12.2. The number of hydrogen-bond acceptors (Lipinski definition) is 6. The minimum absolute atomic E-state index is 0.000379. The summed E-state index contributed by atoms with van der Waals surface area (Å²) < 4.78 is 11.8. The Bertz CT molecular complexity index is 814. The van der Waals surface area contributed by atoms with Crippen molar-refractivity contribution in [1.29, 1.82) is 5.26 Å². The molecule has 3 amide bonds. The number of furan rings is 1. The van der Waals surface area contributed by atoms with E-state index in [0.717, 1.165) is 0 Å². The number of ether oxygens (including phenoxy) is 1. The molecule has 0 unspecified atom stereocenters. The zero-order valence-corrected chi connectivity index (χ0v) is 13.0. The average molecular weight is 330 g/mol. The third-order valence-corrected chi connectivity index (χ3v) is 3.03. The van der Waals surface area contributed by atoms with Crippen molar-refractivity contribution in [3.8, 4) is 12.0 Å². The van der Waals surface area contributed by atoms with Crippen LogP contribution in [0.15, 0.2) is 28.9 Å². The monoisotopic (exact) mass is 330 g/mol. The predicted octanol–water partition coefficient (Wildman–Crippen LogP) is 0.863. The van der Waals surface area contributed by atoms with Gasteiger partial charge in [-0.05, 0) is 19.1 Å². The van der Waals surface area contributed by atoms with E-state index in [4.69, 9.17) is 9.15 Å². The van der Waals surface area contributed by atoms with Crippen LogP contribution in [0.1, 0.15) is 21.7 Å². The van der Waals surface area contributed by atoms with Crippen molar-refractivity contribution in [2.75, 3.05) is 13.7 Å². The minimum atomic E-state index is -0.890. The van der Waals surface area contributed by atoms with E-state index in [-0.39, 0.29) is 22.8 Å². The summed E-state index contributed by atoms with van der Waals surface area (Å²) in [6.45, 7) is 0.843. The molecule has 2 aromatic rings. The van der Waals surface area contributed by atoms with E-state index in [2.05, 4.69) is 5.32 Å². The Labute approximate surface area is 136 Å². The van der Waals surface area contributed by atoms with Crippen LogP contribution in [0.4, 0.5) is 4.79 Å². The normalized spacial score (nSPS) is 9.88. The first kappa shape index (κ1) is 16.8.